The summed E-state index contributed by atoms with van der Waals surface area (Å²) in [4.78, 5) is 32.9. The van der Waals surface area contributed by atoms with Crippen molar-refractivity contribution >= 4 is 28.7 Å². The number of nitrogens with zero attached hydrogens (tertiary/aromatic N) is 1. The molecule has 0 saturated heterocycles. The molecule has 0 spiro atoms. The summed E-state index contributed by atoms with van der Waals surface area (Å²) in [5.41, 5.74) is 18.6. The van der Waals surface area contributed by atoms with E-state index in [1.807, 2.05) is 30.5 Å². The van der Waals surface area contributed by atoms with Crippen molar-refractivity contribution in [1.29, 1.82) is 0 Å². The molecule has 2 aromatic rings. The zero-order valence-electron chi connectivity index (χ0n) is 21.6. The molecular formula is C27H44N6O3. The quantitative estimate of drug-likeness (QED) is 0.0913. The number of amides is 1. The number of rotatable bonds is 18. The molecule has 0 aliphatic rings. The second kappa shape index (κ2) is 16.6. The summed E-state index contributed by atoms with van der Waals surface area (Å²) in [6, 6.07) is 6.25. The highest BCUT2D eigenvalue weighted by atomic mass is 16.5. The largest absolute Gasteiger partial charge is 0.464 e. The number of para-hydroxylation sites is 1. The van der Waals surface area contributed by atoms with Crippen LogP contribution in [0.4, 0.5) is 0 Å². The SMILES string of the molecule is CCCCCCCCCCOC(=O)[C@H](Cc1c[nH]c2ccccc12)NC(=O)[C@@H](N)CCCN=C(N)N. The van der Waals surface area contributed by atoms with Crippen molar-refractivity contribution < 1.29 is 14.3 Å². The summed E-state index contributed by atoms with van der Waals surface area (Å²) in [5.74, 6) is -0.830. The first-order valence-corrected chi connectivity index (χ1v) is 13.2. The van der Waals surface area contributed by atoms with Crippen LogP contribution in [0.5, 0.6) is 0 Å². The normalized spacial score (nSPS) is 12.7. The van der Waals surface area contributed by atoms with Crippen LogP contribution < -0.4 is 22.5 Å². The summed E-state index contributed by atoms with van der Waals surface area (Å²) >= 11 is 0. The van der Waals surface area contributed by atoms with Crippen molar-refractivity contribution in [3.8, 4) is 0 Å². The number of aliphatic imine (C=N–C) groups is 1. The minimum Gasteiger partial charge on any atom is -0.464 e. The fraction of sp³-hybridized carbons (Fsp3) is 0.593. The number of hydrogen-bond donors (Lipinski definition) is 5. The van der Waals surface area contributed by atoms with E-state index < -0.39 is 24.0 Å². The van der Waals surface area contributed by atoms with Gasteiger partial charge in [0, 0.05) is 30.1 Å². The lowest BCUT2D eigenvalue weighted by molar-refractivity contribution is -0.148. The lowest BCUT2D eigenvalue weighted by atomic mass is 10.0. The summed E-state index contributed by atoms with van der Waals surface area (Å²) in [6.45, 7) is 2.95. The van der Waals surface area contributed by atoms with Crippen molar-refractivity contribution in [2.24, 2.45) is 22.2 Å². The van der Waals surface area contributed by atoms with Gasteiger partial charge in [-0.1, -0.05) is 70.1 Å². The van der Waals surface area contributed by atoms with Gasteiger partial charge in [-0.15, -0.1) is 0 Å². The first-order chi connectivity index (χ1) is 17.4. The molecule has 9 nitrogen and oxygen atoms in total. The highest BCUT2D eigenvalue weighted by Crippen LogP contribution is 2.19. The maximum Gasteiger partial charge on any atom is 0.328 e. The minimum absolute atomic E-state index is 0.00561. The molecular weight excluding hydrogens is 456 g/mol. The molecule has 2 rings (SSSR count). The number of carbonyl (C=O) groups is 2. The van der Waals surface area contributed by atoms with Crippen molar-refractivity contribution in [2.75, 3.05) is 13.2 Å². The van der Waals surface area contributed by atoms with Gasteiger partial charge in [0.2, 0.25) is 5.91 Å². The average Bonchev–Trinajstić information content (AvgIpc) is 3.27. The Kier molecular flexibility index (Phi) is 13.4. The Morgan fingerprint density at radius 1 is 1.03 bits per heavy atom. The van der Waals surface area contributed by atoms with Gasteiger partial charge in [-0.3, -0.25) is 9.79 Å². The fourth-order valence-electron chi connectivity index (χ4n) is 4.15. The molecule has 0 unspecified atom stereocenters. The first-order valence-electron chi connectivity index (χ1n) is 13.2. The number of H-pyrrole nitrogens is 1. The number of benzene rings is 1. The summed E-state index contributed by atoms with van der Waals surface area (Å²) in [7, 11) is 0. The Bertz CT molecular complexity index is 954. The Hall–Kier alpha value is -3.07. The molecule has 0 radical (unpaired) electrons. The third kappa shape index (κ3) is 10.7. The zero-order chi connectivity index (χ0) is 26.2. The second-order valence-electron chi connectivity index (χ2n) is 9.32. The van der Waals surface area contributed by atoms with Crippen LogP contribution in [-0.2, 0) is 20.7 Å². The Labute approximate surface area is 214 Å². The number of hydrogen-bond acceptors (Lipinski definition) is 5. The summed E-state index contributed by atoms with van der Waals surface area (Å²) in [5, 5.41) is 3.82. The van der Waals surface area contributed by atoms with E-state index in [1.165, 1.54) is 32.1 Å². The van der Waals surface area contributed by atoms with Crippen LogP contribution in [0.2, 0.25) is 0 Å². The Morgan fingerprint density at radius 3 is 2.44 bits per heavy atom. The molecule has 0 aliphatic carbocycles. The number of carbonyl (C=O) groups excluding carboxylic acids is 2. The fourth-order valence-corrected chi connectivity index (χ4v) is 4.15. The lowest BCUT2D eigenvalue weighted by Crippen LogP contribution is -2.50. The van der Waals surface area contributed by atoms with Crippen LogP contribution in [0.25, 0.3) is 10.9 Å². The number of nitrogens with one attached hydrogen (secondary N) is 2. The van der Waals surface area contributed by atoms with E-state index in [1.54, 1.807) is 0 Å². The van der Waals surface area contributed by atoms with E-state index in [0.29, 0.717) is 32.4 Å². The molecule has 200 valence electrons. The molecule has 1 aromatic heterocycles. The highest BCUT2D eigenvalue weighted by molar-refractivity contribution is 5.89. The summed E-state index contributed by atoms with van der Waals surface area (Å²) in [6.07, 6.45) is 12.4. The number of guanidine groups is 1. The van der Waals surface area contributed by atoms with Crippen LogP contribution in [0.3, 0.4) is 0 Å². The lowest BCUT2D eigenvalue weighted by Gasteiger charge is -2.20. The van der Waals surface area contributed by atoms with Gasteiger partial charge in [-0.2, -0.15) is 0 Å². The van der Waals surface area contributed by atoms with Gasteiger partial charge in [0.1, 0.15) is 6.04 Å². The average molecular weight is 501 g/mol. The number of aromatic amines is 1. The number of esters is 1. The monoisotopic (exact) mass is 500 g/mol. The number of aromatic nitrogens is 1. The van der Waals surface area contributed by atoms with E-state index in [0.717, 1.165) is 35.7 Å². The van der Waals surface area contributed by atoms with E-state index in [9.17, 15) is 9.59 Å². The van der Waals surface area contributed by atoms with Crippen molar-refractivity contribution in [1.82, 2.24) is 10.3 Å². The van der Waals surface area contributed by atoms with Crippen LogP contribution in [0.1, 0.15) is 76.7 Å². The van der Waals surface area contributed by atoms with Crippen LogP contribution in [0.15, 0.2) is 35.5 Å². The van der Waals surface area contributed by atoms with Crippen molar-refractivity contribution in [2.45, 2.75) is 89.6 Å². The topological polar surface area (TPSA) is 162 Å². The van der Waals surface area contributed by atoms with Gasteiger partial charge in [-0.25, -0.2) is 4.79 Å². The maximum atomic E-state index is 13.0. The molecule has 0 bridgehead atoms. The van der Waals surface area contributed by atoms with E-state index in [-0.39, 0.29) is 5.96 Å². The molecule has 0 aliphatic heterocycles. The van der Waals surface area contributed by atoms with Crippen LogP contribution in [-0.4, -0.2) is 48.1 Å². The third-order valence-electron chi connectivity index (χ3n) is 6.25. The number of ether oxygens (including phenoxy) is 1. The highest BCUT2D eigenvalue weighted by Gasteiger charge is 2.26. The number of nitrogens with two attached hydrogens (primary N) is 3. The number of unbranched alkanes of at least 4 members (excludes halogenated alkanes) is 7. The van der Waals surface area contributed by atoms with Gasteiger partial charge in [0.15, 0.2) is 5.96 Å². The predicted octanol–water partition coefficient (Wildman–Crippen LogP) is 3.26. The van der Waals surface area contributed by atoms with Gasteiger partial charge < -0.3 is 32.2 Å². The predicted molar refractivity (Wildman–Crippen MR) is 145 cm³/mol. The molecule has 1 amide bonds. The standard InChI is InChI=1S/C27H44N6O3/c1-2-3-4-5-6-7-8-11-17-36-26(35)24(18-20-19-32-23-15-10-9-13-21(20)23)33-25(34)22(28)14-12-16-31-27(29)30/h9-10,13,15,19,22,24,32H,2-8,11-12,14,16-18,28H2,1H3,(H,33,34)(H4,29,30,31)/t22-,24-/m0/s1. The second-order valence-corrected chi connectivity index (χ2v) is 9.32. The van der Waals surface area contributed by atoms with E-state index in [4.69, 9.17) is 21.9 Å². The molecule has 8 N–H and O–H groups in total. The van der Waals surface area contributed by atoms with Gasteiger partial charge in [0.25, 0.3) is 0 Å². The molecule has 36 heavy (non-hydrogen) atoms. The van der Waals surface area contributed by atoms with Gasteiger partial charge in [-0.05, 0) is 30.9 Å². The van der Waals surface area contributed by atoms with E-state index >= 15 is 0 Å². The van der Waals surface area contributed by atoms with Crippen LogP contribution in [0, 0.1) is 0 Å². The molecule has 0 saturated carbocycles. The van der Waals surface area contributed by atoms with Gasteiger partial charge in [0.05, 0.1) is 12.6 Å². The third-order valence-corrected chi connectivity index (χ3v) is 6.25. The molecule has 0 fully saturated rings. The molecule has 1 aromatic carbocycles. The smallest absolute Gasteiger partial charge is 0.328 e. The van der Waals surface area contributed by atoms with Crippen molar-refractivity contribution in [3.63, 3.8) is 0 Å². The maximum absolute atomic E-state index is 13.0. The molecule has 2 atom stereocenters. The van der Waals surface area contributed by atoms with Gasteiger partial charge >= 0.3 is 5.97 Å². The first kappa shape index (κ1) is 29.2. The minimum atomic E-state index is -0.825. The Balaban J connectivity index is 1.90. The zero-order valence-corrected chi connectivity index (χ0v) is 21.6. The summed E-state index contributed by atoms with van der Waals surface area (Å²) < 4.78 is 5.57. The van der Waals surface area contributed by atoms with Crippen LogP contribution >= 0.6 is 0 Å². The Morgan fingerprint density at radius 2 is 1.72 bits per heavy atom. The molecule has 1 heterocycles. The molecule has 9 heteroatoms. The number of fused-ring (bicyclic) bond motifs is 1. The van der Waals surface area contributed by atoms with Crippen molar-refractivity contribution in [3.05, 3.63) is 36.0 Å². The van der Waals surface area contributed by atoms with E-state index in [2.05, 4.69) is 22.2 Å².